The van der Waals surface area contributed by atoms with Gasteiger partial charge in [-0.05, 0) is 116 Å². The van der Waals surface area contributed by atoms with Gasteiger partial charge >= 0.3 is 5.97 Å². The van der Waals surface area contributed by atoms with E-state index in [0.717, 1.165) is 32.1 Å². The van der Waals surface area contributed by atoms with Crippen molar-refractivity contribution in [1.82, 2.24) is 0 Å². The molecular weight excluding hydrogens is 453 g/mol. The van der Waals surface area contributed by atoms with Crippen LogP contribution in [0.1, 0.15) is 106 Å². The third kappa shape index (κ3) is 3.17. The van der Waals surface area contributed by atoms with E-state index in [2.05, 4.69) is 56.0 Å². The Labute approximate surface area is 216 Å². The number of carbonyl (C=O) groups is 1. The monoisotopic (exact) mass is 503 g/mol. The molecule has 0 saturated heterocycles. The third-order valence-corrected chi connectivity index (χ3v) is 14.2. The van der Waals surface area contributed by atoms with E-state index in [-0.39, 0.29) is 22.2 Å². The van der Waals surface area contributed by atoms with E-state index < -0.39 is 11.4 Å². The number of aliphatic carboxylic acids is 1. The minimum Gasteiger partial charge on any atom is -0.481 e. The van der Waals surface area contributed by atoms with Gasteiger partial charge in [0, 0.05) is 28.1 Å². The van der Waals surface area contributed by atoms with Crippen LogP contribution in [0.5, 0.6) is 0 Å². The lowest BCUT2D eigenvalue weighted by atomic mass is 9.32. The Morgan fingerprint density at radius 3 is 2.23 bits per heavy atom. The Morgan fingerprint density at radius 2 is 1.60 bits per heavy atom. The number of hydrogen-bond acceptors (Lipinski definition) is 3. The summed E-state index contributed by atoms with van der Waals surface area (Å²) in [6, 6.07) is 0. The van der Waals surface area contributed by atoms with Crippen molar-refractivity contribution in [3.05, 3.63) is 0 Å². The molecule has 11 atom stereocenters. The van der Waals surface area contributed by atoms with Gasteiger partial charge in [-0.15, -0.1) is 0 Å². The summed E-state index contributed by atoms with van der Waals surface area (Å²) in [6.07, 6.45) is 11.5. The smallest absolute Gasteiger partial charge is 0.309 e. The van der Waals surface area contributed by atoms with Crippen molar-refractivity contribution in [3.8, 4) is 0 Å². The third-order valence-electron chi connectivity index (χ3n) is 13.9. The number of hydrogen-bond donors (Lipinski definition) is 1. The van der Waals surface area contributed by atoms with Crippen molar-refractivity contribution in [2.75, 3.05) is 7.05 Å². The molecule has 0 aromatic heterocycles. The second kappa shape index (κ2) is 8.26. The standard InChI is InChI=1S/C30H50NO3P/c1-18(31-7)19-10-15-30(25(32)33)17-16-28(5)20(24(19)30)8-9-22-27(4)13-12-23(34-35)26(2,3)21(27)11-14-29(22,28)6/h19-24H,8-17,35H2,1-7H3,(H,32,33)/t19?,20?,21?,22?,23?,24?,27-,28?,29+,30?/m0/s1. The highest BCUT2D eigenvalue weighted by Crippen LogP contribution is 2.77. The number of fused-ring (bicyclic) bond motifs is 7. The first-order valence-corrected chi connectivity index (χ1v) is 14.8. The van der Waals surface area contributed by atoms with E-state index in [0.29, 0.717) is 35.2 Å². The van der Waals surface area contributed by atoms with E-state index in [9.17, 15) is 9.90 Å². The van der Waals surface area contributed by atoms with Crippen molar-refractivity contribution >= 4 is 21.1 Å². The van der Waals surface area contributed by atoms with Crippen LogP contribution in [-0.2, 0) is 9.32 Å². The van der Waals surface area contributed by atoms with E-state index in [1.807, 2.05) is 7.05 Å². The van der Waals surface area contributed by atoms with Crippen molar-refractivity contribution in [1.29, 1.82) is 0 Å². The number of carboxylic acid groups (broad SMARTS) is 1. The van der Waals surface area contributed by atoms with Gasteiger partial charge in [0.1, 0.15) is 0 Å². The second-order valence-corrected chi connectivity index (χ2v) is 14.9. The molecule has 0 bridgehead atoms. The lowest BCUT2D eigenvalue weighted by molar-refractivity contribution is -0.245. The van der Waals surface area contributed by atoms with E-state index in [1.54, 1.807) is 0 Å². The number of carboxylic acids is 1. The SMILES string of the molecule is CN=C(C)C1CCC2(C(=O)O)CCC3(C)C(CCC4[C@@]5(C)CCC(OP)C(C)(C)C5CC[C@]43C)C12. The zero-order chi connectivity index (χ0) is 25.6. The van der Waals surface area contributed by atoms with Crippen molar-refractivity contribution in [2.24, 2.45) is 61.7 Å². The molecule has 0 aromatic carbocycles. The minimum atomic E-state index is -0.540. The van der Waals surface area contributed by atoms with Gasteiger partial charge in [0.2, 0.25) is 0 Å². The molecule has 1 N–H and O–H groups in total. The summed E-state index contributed by atoms with van der Waals surface area (Å²) < 4.78 is 5.94. The van der Waals surface area contributed by atoms with E-state index >= 15 is 0 Å². The van der Waals surface area contributed by atoms with Crippen molar-refractivity contribution in [3.63, 3.8) is 0 Å². The Morgan fingerprint density at radius 1 is 0.886 bits per heavy atom. The van der Waals surface area contributed by atoms with Crippen LogP contribution in [0.15, 0.2) is 4.99 Å². The first kappa shape index (κ1) is 26.1. The second-order valence-electron chi connectivity index (χ2n) is 14.7. The van der Waals surface area contributed by atoms with Crippen LogP contribution in [0, 0.1) is 56.7 Å². The summed E-state index contributed by atoms with van der Waals surface area (Å²) in [7, 11) is 4.45. The summed E-state index contributed by atoms with van der Waals surface area (Å²) >= 11 is 0. The molecule has 5 rings (SSSR count). The first-order chi connectivity index (χ1) is 16.3. The Bertz CT molecular complexity index is 917. The Hall–Kier alpha value is -0.470. The molecule has 5 aliphatic rings. The van der Waals surface area contributed by atoms with Gasteiger partial charge in [0.05, 0.1) is 11.5 Å². The summed E-state index contributed by atoms with van der Waals surface area (Å²) in [6.45, 7) is 14.9. The maximum Gasteiger partial charge on any atom is 0.309 e. The summed E-state index contributed by atoms with van der Waals surface area (Å²) in [5.41, 5.74) is 1.62. The number of rotatable bonds is 3. The highest BCUT2D eigenvalue weighted by molar-refractivity contribution is 7.09. The molecule has 0 heterocycles. The molecule has 0 amide bonds. The predicted molar refractivity (Wildman–Crippen MR) is 145 cm³/mol. The van der Waals surface area contributed by atoms with Gasteiger partial charge in [-0.2, -0.15) is 0 Å². The molecule has 9 unspecified atom stereocenters. The van der Waals surface area contributed by atoms with Crippen molar-refractivity contribution < 1.29 is 14.4 Å². The van der Waals surface area contributed by atoms with Gasteiger partial charge in [-0.25, -0.2) is 0 Å². The summed E-state index contributed by atoms with van der Waals surface area (Å²) in [4.78, 5) is 17.5. The number of aliphatic imine (C=N–C) groups is 1. The highest BCUT2D eigenvalue weighted by atomic mass is 31.0. The summed E-state index contributed by atoms with van der Waals surface area (Å²) in [5.74, 6) is 1.92. The molecule has 198 valence electrons. The van der Waals surface area contributed by atoms with Crippen LogP contribution >= 0.6 is 9.47 Å². The molecule has 0 aromatic rings. The van der Waals surface area contributed by atoms with E-state index in [4.69, 9.17) is 4.52 Å². The molecule has 0 radical (unpaired) electrons. The zero-order valence-electron chi connectivity index (χ0n) is 23.3. The average molecular weight is 504 g/mol. The predicted octanol–water partition coefficient (Wildman–Crippen LogP) is 7.42. The highest BCUT2D eigenvalue weighted by Gasteiger charge is 2.72. The molecule has 5 aliphatic carbocycles. The molecule has 35 heavy (non-hydrogen) atoms. The molecule has 5 heteroatoms. The fourth-order valence-corrected chi connectivity index (χ4v) is 12.3. The fraction of sp³-hybridized carbons (Fsp3) is 0.933. The lowest BCUT2D eigenvalue weighted by Gasteiger charge is -2.72. The molecule has 5 saturated carbocycles. The maximum absolute atomic E-state index is 12.9. The van der Waals surface area contributed by atoms with Gasteiger partial charge in [0.25, 0.3) is 0 Å². The molecule has 5 fully saturated rings. The number of nitrogens with zero attached hydrogens (tertiary/aromatic N) is 1. The average Bonchev–Trinajstić information content (AvgIpc) is 3.20. The fourth-order valence-electron chi connectivity index (χ4n) is 11.8. The van der Waals surface area contributed by atoms with Crippen LogP contribution in [0.2, 0.25) is 0 Å². The zero-order valence-corrected chi connectivity index (χ0v) is 24.5. The van der Waals surface area contributed by atoms with Crippen LogP contribution < -0.4 is 0 Å². The van der Waals surface area contributed by atoms with Gasteiger partial charge in [0.15, 0.2) is 0 Å². The van der Waals surface area contributed by atoms with Gasteiger partial charge in [-0.1, -0.05) is 34.6 Å². The van der Waals surface area contributed by atoms with Crippen LogP contribution in [0.4, 0.5) is 0 Å². The van der Waals surface area contributed by atoms with Gasteiger partial charge < -0.3 is 9.63 Å². The normalized spacial score (nSPS) is 53.2. The molecular formula is C30H50NO3P. The largest absolute Gasteiger partial charge is 0.481 e. The molecule has 0 aliphatic heterocycles. The van der Waals surface area contributed by atoms with Crippen LogP contribution in [0.3, 0.4) is 0 Å². The topological polar surface area (TPSA) is 58.9 Å². The van der Waals surface area contributed by atoms with Crippen LogP contribution in [0.25, 0.3) is 0 Å². The Kier molecular flexibility index (Phi) is 6.17. The molecule has 4 nitrogen and oxygen atoms in total. The first-order valence-electron chi connectivity index (χ1n) is 14.4. The summed E-state index contributed by atoms with van der Waals surface area (Å²) in [5, 5.41) is 10.6. The van der Waals surface area contributed by atoms with Crippen LogP contribution in [-0.4, -0.2) is 29.9 Å². The minimum absolute atomic E-state index is 0.185. The van der Waals surface area contributed by atoms with Gasteiger partial charge in [-0.3, -0.25) is 9.79 Å². The quantitative estimate of drug-likeness (QED) is 0.322. The lowest BCUT2D eigenvalue weighted by Crippen LogP contribution is -2.67. The van der Waals surface area contributed by atoms with E-state index in [1.165, 1.54) is 37.8 Å². The van der Waals surface area contributed by atoms with Crippen molar-refractivity contribution in [2.45, 2.75) is 112 Å². The maximum atomic E-state index is 12.9. The Balaban J connectivity index is 1.55. The molecule has 0 spiro atoms.